The fraction of sp³-hybridized carbons (Fsp3) is 0.643. The van der Waals surface area contributed by atoms with Crippen LogP contribution in [0.5, 0.6) is 0 Å². The lowest BCUT2D eigenvalue weighted by molar-refractivity contribution is 0.325. The van der Waals surface area contributed by atoms with E-state index >= 15 is 0 Å². The predicted octanol–water partition coefficient (Wildman–Crippen LogP) is 2.99. The summed E-state index contributed by atoms with van der Waals surface area (Å²) in [4.78, 5) is 6.80. The highest BCUT2D eigenvalue weighted by molar-refractivity contribution is 5.66. The number of nitrogens with zero attached hydrogens (tertiary/aromatic N) is 2. The second-order valence-corrected chi connectivity index (χ2v) is 5.87. The summed E-state index contributed by atoms with van der Waals surface area (Å²) in [5.74, 6) is 0.975. The Morgan fingerprint density at radius 3 is 2.82 bits per heavy atom. The molecule has 0 radical (unpaired) electrons. The molecule has 0 spiro atoms. The number of nitrogen functional groups attached to an aromatic ring is 1. The minimum absolute atomic E-state index is 0.452. The first-order chi connectivity index (χ1) is 7.99. The van der Waals surface area contributed by atoms with Crippen LogP contribution in [-0.4, -0.2) is 18.1 Å². The molecule has 3 heteroatoms. The zero-order chi connectivity index (χ0) is 12.5. The maximum absolute atomic E-state index is 6.13. The normalized spacial score (nSPS) is 20.1. The summed E-state index contributed by atoms with van der Waals surface area (Å²) < 4.78 is 0. The van der Waals surface area contributed by atoms with Gasteiger partial charge in [-0.05, 0) is 43.2 Å². The summed E-state index contributed by atoms with van der Waals surface area (Å²) in [5.41, 5.74) is 8.54. The highest BCUT2D eigenvalue weighted by Gasteiger charge is 2.24. The molecule has 17 heavy (non-hydrogen) atoms. The first-order valence-electron chi connectivity index (χ1n) is 6.46. The molecule has 2 rings (SSSR count). The number of hydrogen-bond acceptors (Lipinski definition) is 3. The van der Waals surface area contributed by atoms with Crippen molar-refractivity contribution in [1.82, 2.24) is 4.98 Å². The Hall–Kier alpha value is -1.25. The van der Waals surface area contributed by atoms with E-state index in [0.717, 1.165) is 30.2 Å². The van der Waals surface area contributed by atoms with Crippen molar-refractivity contribution in [3.05, 3.63) is 17.8 Å². The van der Waals surface area contributed by atoms with Crippen LogP contribution in [0.15, 0.2) is 12.3 Å². The number of nitrogens with two attached hydrogens (primary N) is 1. The summed E-state index contributed by atoms with van der Waals surface area (Å²) in [5, 5.41) is 0. The first kappa shape index (κ1) is 12.2. The molecule has 0 aliphatic carbocycles. The fourth-order valence-corrected chi connectivity index (χ4v) is 2.44. The van der Waals surface area contributed by atoms with Crippen LogP contribution in [0.1, 0.15) is 38.7 Å². The van der Waals surface area contributed by atoms with Gasteiger partial charge in [0.15, 0.2) is 5.82 Å². The van der Waals surface area contributed by atoms with Crippen LogP contribution in [0.4, 0.5) is 11.5 Å². The molecule has 2 heterocycles. The Balaban J connectivity index is 2.20. The van der Waals surface area contributed by atoms with Gasteiger partial charge < -0.3 is 10.6 Å². The van der Waals surface area contributed by atoms with E-state index < -0.39 is 0 Å². The van der Waals surface area contributed by atoms with Gasteiger partial charge in [-0.1, -0.05) is 13.8 Å². The number of hydrogen-bond donors (Lipinski definition) is 1. The molecule has 3 nitrogen and oxygen atoms in total. The highest BCUT2D eigenvalue weighted by Crippen LogP contribution is 2.33. The molecule has 1 aliphatic rings. The molecule has 0 unspecified atom stereocenters. The molecule has 1 aromatic heterocycles. The first-order valence-corrected chi connectivity index (χ1v) is 6.46. The largest absolute Gasteiger partial charge is 0.396 e. The molecular weight excluding hydrogens is 210 g/mol. The van der Waals surface area contributed by atoms with Crippen molar-refractivity contribution < 1.29 is 0 Å². The quantitative estimate of drug-likeness (QED) is 0.811. The molecular formula is C14H23N3. The van der Waals surface area contributed by atoms with Crippen LogP contribution in [-0.2, 0) is 0 Å². The third kappa shape index (κ3) is 2.71. The van der Waals surface area contributed by atoms with Gasteiger partial charge in [0.2, 0.25) is 0 Å². The van der Waals surface area contributed by atoms with E-state index in [0.29, 0.717) is 5.41 Å². The summed E-state index contributed by atoms with van der Waals surface area (Å²) in [6.07, 6.45) is 5.58. The lowest BCUT2D eigenvalue weighted by Crippen LogP contribution is -2.27. The van der Waals surface area contributed by atoms with E-state index in [2.05, 4.69) is 23.7 Å². The minimum Gasteiger partial charge on any atom is -0.396 e. The van der Waals surface area contributed by atoms with Crippen LogP contribution in [0.25, 0.3) is 0 Å². The summed E-state index contributed by atoms with van der Waals surface area (Å²) >= 11 is 0. The van der Waals surface area contributed by atoms with Gasteiger partial charge in [-0.2, -0.15) is 0 Å². The van der Waals surface area contributed by atoms with Gasteiger partial charge in [-0.15, -0.1) is 0 Å². The Kier molecular flexibility index (Phi) is 3.27. The van der Waals surface area contributed by atoms with Crippen molar-refractivity contribution in [3.8, 4) is 0 Å². The third-order valence-corrected chi connectivity index (χ3v) is 3.83. The van der Waals surface area contributed by atoms with Crippen LogP contribution < -0.4 is 10.6 Å². The van der Waals surface area contributed by atoms with Crippen LogP contribution >= 0.6 is 0 Å². The Bertz CT molecular complexity index is 398. The zero-order valence-electron chi connectivity index (χ0n) is 11.2. The number of rotatable bonds is 1. The van der Waals surface area contributed by atoms with E-state index in [-0.39, 0.29) is 0 Å². The lowest BCUT2D eigenvalue weighted by atomic mass is 9.85. The highest BCUT2D eigenvalue weighted by atomic mass is 15.2. The van der Waals surface area contributed by atoms with E-state index in [9.17, 15) is 0 Å². The van der Waals surface area contributed by atoms with Gasteiger partial charge in [0, 0.05) is 19.3 Å². The summed E-state index contributed by atoms with van der Waals surface area (Å²) in [7, 11) is 0. The van der Waals surface area contributed by atoms with Crippen molar-refractivity contribution in [2.24, 2.45) is 5.41 Å². The zero-order valence-corrected chi connectivity index (χ0v) is 11.2. The monoisotopic (exact) mass is 233 g/mol. The standard InChI is InChI=1S/C14H23N3/c1-11-5-8-16-13(12(11)15)17-9-4-6-14(2,3)7-10-17/h5,8H,4,6-7,9-10,15H2,1-3H3. The number of anilines is 2. The predicted molar refractivity (Wildman–Crippen MR) is 73.2 cm³/mol. The summed E-state index contributed by atoms with van der Waals surface area (Å²) in [6, 6.07) is 1.97. The van der Waals surface area contributed by atoms with Crippen LogP contribution in [0.2, 0.25) is 0 Å². The molecule has 0 amide bonds. The summed E-state index contributed by atoms with van der Waals surface area (Å²) in [6.45, 7) is 8.88. The number of aryl methyl sites for hydroxylation is 1. The average molecular weight is 233 g/mol. The smallest absolute Gasteiger partial charge is 0.152 e. The SMILES string of the molecule is Cc1ccnc(N2CCCC(C)(C)CC2)c1N. The minimum atomic E-state index is 0.452. The molecule has 1 saturated heterocycles. The van der Waals surface area contributed by atoms with E-state index in [1.807, 2.05) is 19.2 Å². The maximum Gasteiger partial charge on any atom is 0.152 e. The number of pyridine rings is 1. The van der Waals surface area contributed by atoms with Crippen molar-refractivity contribution in [2.75, 3.05) is 23.7 Å². The van der Waals surface area contributed by atoms with Gasteiger partial charge in [0.05, 0.1) is 5.69 Å². The number of aromatic nitrogens is 1. The van der Waals surface area contributed by atoms with Crippen molar-refractivity contribution in [2.45, 2.75) is 40.0 Å². The Morgan fingerprint density at radius 2 is 2.06 bits per heavy atom. The second-order valence-electron chi connectivity index (χ2n) is 5.87. The van der Waals surface area contributed by atoms with E-state index in [4.69, 9.17) is 5.73 Å². The molecule has 94 valence electrons. The fourth-order valence-electron chi connectivity index (χ4n) is 2.44. The molecule has 0 saturated carbocycles. The van der Waals surface area contributed by atoms with Gasteiger partial charge in [0.1, 0.15) is 0 Å². The Morgan fingerprint density at radius 1 is 1.29 bits per heavy atom. The molecule has 1 aromatic rings. The Labute approximate surface area is 104 Å². The molecule has 0 aromatic carbocycles. The van der Waals surface area contributed by atoms with Gasteiger partial charge in [0.25, 0.3) is 0 Å². The molecule has 2 N–H and O–H groups in total. The molecule has 0 atom stereocenters. The van der Waals surface area contributed by atoms with Gasteiger partial charge >= 0.3 is 0 Å². The molecule has 0 bridgehead atoms. The second kappa shape index (κ2) is 4.55. The molecule has 1 fully saturated rings. The van der Waals surface area contributed by atoms with Crippen LogP contribution in [0.3, 0.4) is 0 Å². The van der Waals surface area contributed by atoms with Gasteiger partial charge in [-0.25, -0.2) is 4.98 Å². The third-order valence-electron chi connectivity index (χ3n) is 3.83. The van der Waals surface area contributed by atoms with Crippen molar-refractivity contribution in [3.63, 3.8) is 0 Å². The van der Waals surface area contributed by atoms with Gasteiger partial charge in [-0.3, -0.25) is 0 Å². The van der Waals surface area contributed by atoms with E-state index in [1.54, 1.807) is 0 Å². The maximum atomic E-state index is 6.13. The van der Waals surface area contributed by atoms with Crippen LogP contribution in [0, 0.1) is 12.3 Å². The molecule has 1 aliphatic heterocycles. The van der Waals surface area contributed by atoms with Crippen molar-refractivity contribution in [1.29, 1.82) is 0 Å². The average Bonchev–Trinajstić information content (AvgIpc) is 2.44. The van der Waals surface area contributed by atoms with E-state index in [1.165, 1.54) is 19.3 Å². The van der Waals surface area contributed by atoms with Crippen molar-refractivity contribution >= 4 is 11.5 Å². The topological polar surface area (TPSA) is 42.2 Å². The lowest BCUT2D eigenvalue weighted by Gasteiger charge is -2.25.